The Morgan fingerprint density at radius 2 is 2.06 bits per heavy atom. The van der Waals surface area contributed by atoms with Crippen molar-refractivity contribution in [2.24, 2.45) is 4.99 Å². The summed E-state index contributed by atoms with van der Waals surface area (Å²) in [7, 11) is 0. The maximum atomic E-state index is 12.9. The summed E-state index contributed by atoms with van der Waals surface area (Å²) in [6, 6.07) is 17.2. The fourth-order valence-electron chi connectivity index (χ4n) is 3.42. The number of aliphatic hydroxyl groups is 1. The molecule has 33 heavy (non-hydrogen) atoms. The highest BCUT2D eigenvalue weighted by molar-refractivity contribution is 7.20. The summed E-state index contributed by atoms with van der Waals surface area (Å²) < 4.78 is 1.07. The first-order valence-corrected chi connectivity index (χ1v) is 11.1. The number of anilines is 1. The van der Waals surface area contributed by atoms with E-state index in [0.29, 0.717) is 27.8 Å². The smallest absolute Gasteiger partial charge is 0.265 e. The number of thiophene rings is 1. The Kier molecular flexibility index (Phi) is 5.66. The van der Waals surface area contributed by atoms with Gasteiger partial charge in [-0.15, -0.1) is 11.3 Å². The lowest BCUT2D eigenvalue weighted by molar-refractivity contribution is 0.103. The van der Waals surface area contributed by atoms with E-state index in [1.165, 1.54) is 17.7 Å². The first kappa shape index (κ1) is 21.0. The summed E-state index contributed by atoms with van der Waals surface area (Å²) in [5, 5.41) is 14.3. The van der Waals surface area contributed by atoms with Crippen molar-refractivity contribution < 1.29 is 9.90 Å². The maximum absolute atomic E-state index is 12.9. The first-order chi connectivity index (χ1) is 16.1. The molecule has 1 amide bonds. The predicted octanol–water partition coefficient (Wildman–Crippen LogP) is 3.79. The lowest BCUT2D eigenvalue weighted by Crippen LogP contribution is -2.47. The Hall–Kier alpha value is -3.92. The second kappa shape index (κ2) is 8.91. The third kappa shape index (κ3) is 4.51. The van der Waals surface area contributed by atoms with Gasteiger partial charge in [-0.05, 0) is 42.1 Å². The highest BCUT2D eigenvalue weighted by Gasteiger charge is 2.19. The van der Waals surface area contributed by atoms with Gasteiger partial charge in [0.25, 0.3) is 5.91 Å². The van der Waals surface area contributed by atoms with Crippen LogP contribution < -0.4 is 16.2 Å². The summed E-state index contributed by atoms with van der Waals surface area (Å²) in [6.07, 6.45) is 3.73. The van der Waals surface area contributed by atoms with Crippen LogP contribution in [0.3, 0.4) is 0 Å². The zero-order chi connectivity index (χ0) is 22.8. The van der Waals surface area contributed by atoms with Crippen LogP contribution in [0.25, 0.3) is 15.8 Å². The SMILES string of the molecule is Cc1ccc(C2=CC(=Nc3ccncn3)C(O)NN2)cc1NC(=O)c1cc2ccccc2s1. The van der Waals surface area contributed by atoms with Gasteiger partial charge in [0, 0.05) is 28.2 Å². The van der Waals surface area contributed by atoms with Crippen LogP contribution >= 0.6 is 11.3 Å². The van der Waals surface area contributed by atoms with Crippen LogP contribution in [0.2, 0.25) is 0 Å². The minimum absolute atomic E-state index is 0.151. The monoisotopic (exact) mass is 456 g/mol. The molecular formula is C24H20N6O2S. The van der Waals surface area contributed by atoms with E-state index in [2.05, 4.69) is 31.1 Å². The number of aromatic nitrogens is 2. The molecule has 5 rings (SSSR count). The standard InChI is InChI=1S/C24H20N6O2S/c1-14-6-7-15(18-12-19(23(31)30-29-18)27-22-8-9-25-13-26-22)10-17(14)28-24(32)21-11-16-4-2-3-5-20(16)33-21/h2-13,23,29-31H,1H3,(H,28,32). The molecule has 0 radical (unpaired) electrons. The molecule has 0 bridgehead atoms. The second-order valence-corrected chi connectivity index (χ2v) is 8.55. The molecule has 2 aromatic carbocycles. The van der Waals surface area contributed by atoms with Crippen molar-refractivity contribution >= 4 is 50.2 Å². The van der Waals surface area contributed by atoms with Crippen LogP contribution in [-0.2, 0) is 0 Å². The van der Waals surface area contributed by atoms with Crippen molar-refractivity contribution in [1.29, 1.82) is 0 Å². The Balaban J connectivity index is 1.42. The summed E-state index contributed by atoms with van der Waals surface area (Å²) in [5.74, 6) is 0.292. The number of hydrogen-bond acceptors (Lipinski definition) is 8. The number of carbonyl (C=O) groups excluding carboxylic acids is 1. The van der Waals surface area contributed by atoms with Crippen LogP contribution in [0, 0.1) is 6.92 Å². The molecule has 0 fully saturated rings. The normalized spacial score (nSPS) is 17.0. The van der Waals surface area contributed by atoms with Crippen molar-refractivity contribution in [3.8, 4) is 0 Å². The van der Waals surface area contributed by atoms with Gasteiger partial charge in [-0.2, -0.15) is 0 Å². The molecule has 1 unspecified atom stereocenters. The molecule has 0 aliphatic carbocycles. The summed E-state index contributed by atoms with van der Waals surface area (Å²) >= 11 is 1.46. The number of hydrazine groups is 1. The van der Waals surface area contributed by atoms with E-state index in [9.17, 15) is 9.90 Å². The molecule has 0 spiro atoms. The molecule has 4 N–H and O–H groups in total. The zero-order valence-corrected chi connectivity index (χ0v) is 18.4. The van der Waals surface area contributed by atoms with Crippen LogP contribution in [0.1, 0.15) is 20.8 Å². The van der Waals surface area contributed by atoms with Gasteiger partial charge in [-0.3, -0.25) is 4.79 Å². The van der Waals surface area contributed by atoms with Gasteiger partial charge < -0.3 is 15.8 Å². The van der Waals surface area contributed by atoms with E-state index < -0.39 is 6.23 Å². The van der Waals surface area contributed by atoms with E-state index in [4.69, 9.17) is 0 Å². The van der Waals surface area contributed by atoms with E-state index in [-0.39, 0.29) is 5.91 Å². The molecule has 0 saturated carbocycles. The number of aryl methyl sites for hydroxylation is 1. The fourth-order valence-corrected chi connectivity index (χ4v) is 4.37. The van der Waals surface area contributed by atoms with Crippen LogP contribution in [-0.4, -0.2) is 32.9 Å². The molecule has 2 aromatic heterocycles. The average Bonchev–Trinajstić information content (AvgIpc) is 3.27. The highest BCUT2D eigenvalue weighted by atomic mass is 32.1. The van der Waals surface area contributed by atoms with Crippen molar-refractivity contribution in [1.82, 2.24) is 20.8 Å². The van der Waals surface area contributed by atoms with E-state index in [1.807, 2.05) is 55.5 Å². The molecule has 1 atom stereocenters. The predicted molar refractivity (Wildman–Crippen MR) is 130 cm³/mol. The van der Waals surface area contributed by atoms with E-state index >= 15 is 0 Å². The van der Waals surface area contributed by atoms with Gasteiger partial charge in [0.05, 0.1) is 16.3 Å². The summed E-state index contributed by atoms with van der Waals surface area (Å²) in [4.78, 5) is 25.9. The third-order valence-electron chi connectivity index (χ3n) is 5.17. The Morgan fingerprint density at radius 3 is 2.88 bits per heavy atom. The van der Waals surface area contributed by atoms with Gasteiger partial charge in [0.2, 0.25) is 0 Å². The third-order valence-corrected chi connectivity index (χ3v) is 6.29. The first-order valence-electron chi connectivity index (χ1n) is 10.2. The van der Waals surface area contributed by atoms with E-state index in [1.54, 1.807) is 18.3 Å². The topological polar surface area (TPSA) is 112 Å². The van der Waals surface area contributed by atoms with Crippen LogP contribution in [0.5, 0.6) is 0 Å². The fraction of sp³-hybridized carbons (Fsp3) is 0.0833. The zero-order valence-electron chi connectivity index (χ0n) is 17.6. The van der Waals surface area contributed by atoms with Gasteiger partial charge in [0.15, 0.2) is 12.0 Å². The lowest BCUT2D eigenvalue weighted by atomic mass is 10.0. The minimum atomic E-state index is -0.999. The number of aliphatic hydroxyl groups excluding tert-OH is 1. The molecule has 1 aliphatic rings. The number of benzene rings is 2. The highest BCUT2D eigenvalue weighted by Crippen LogP contribution is 2.28. The van der Waals surface area contributed by atoms with Crippen molar-refractivity contribution in [3.63, 3.8) is 0 Å². The molecule has 1 aliphatic heterocycles. The molecule has 0 saturated heterocycles. The van der Waals surface area contributed by atoms with Crippen LogP contribution in [0.4, 0.5) is 11.5 Å². The van der Waals surface area contributed by atoms with E-state index in [0.717, 1.165) is 21.2 Å². The molecule has 3 heterocycles. The molecular weight excluding hydrogens is 436 g/mol. The quantitative estimate of drug-likeness (QED) is 0.372. The van der Waals surface area contributed by atoms with Crippen LogP contribution in [0.15, 0.2) is 78.2 Å². The number of amides is 1. The summed E-state index contributed by atoms with van der Waals surface area (Å²) in [5.41, 5.74) is 9.35. The number of carbonyl (C=O) groups is 1. The number of rotatable bonds is 4. The minimum Gasteiger partial charge on any atom is -0.371 e. The Labute approximate surface area is 193 Å². The Morgan fingerprint density at radius 1 is 1.18 bits per heavy atom. The molecule has 4 aromatic rings. The second-order valence-electron chi connectivity index (χ2n) is 7.47. The number of nitrogens with one attached hydrogen (secondary N) is 3. The molecule has 9 heteroatoms. The van der Waals surface area contributed by atoms with Gasteiger partial charge in [-0.1, -0.05) is 30.3 Å². The van der Waals surface area contributed by atoms with Gasteiger partial charge >= 0.3 is 0 Å². The number of fused-ring (bicyclic) bond motifs is 1. The number of hydrogen-bond donors (Lipinski definition) is 4. The van der Waals surface area contributed by atoms with Crippen molar-refractivity contribution in [2.45, 2.75) is 13.2 Å². The maximum Gasteiger partial charge on any atom is 0.265 e. The lowest BCUT2D eigenvalue weighted by Gasteiger charge is -2.23. The average molecular weight is 457 g/mol. The molecule has 8 nitrogen and oxygen atoms in total. The Bertz CT molecular complexity index is 1360. The molecule has 164 valence electrons. The summed E-state index contributed by atoms with van der Waals surface area (Å²) in [6.45, 7) is 1.94. The largest absolute Gasteiger partial charge is 0.371 e. The number of aliphatic imine (C=N–C) groups is 1. The van der Waals surface area contributed by atoms with Crippen molar-refractivity contribution in [3.05, 3.63) is 89.2 Å². The number of nitrogens with zero attached hydrogens (tertiary/aromatic N) is 3. The van der Waals surface area contributed by atoms with Crippen molar-refractivity contribution in [2.75, 3.05) is 5.32 Å². The van der Waals surface area contributed by atoms with Gasteiger partial charge in [-0.25, -0.2) is 20.4 Å². The van der Waals surface area contributed by atoms with Gasteiger partial charge in [0.1, 0.15) is 6.33 Å².